The van der Waals surface area contributed by atoms with E-state index in [9.17, 15) is 13.2 Å². The largest absolute Gasteiger partial charge is 0.366 e. The molecule has 1 atom stereocenters. The van der Waals surface area contributed by atoms with Gasteiger partial charge in [0.2, 0.25) is 10.0 Å². The van der Waals surface area contributed by atoms with Crippen LogP contribution in [-0.2, 0) is 17.1 Å². The minimum Gasteiger partial charge on any atom is -0.366 e. The third-order valence-corrected chi connectivity index (χ3v) is 10.4. The third kappa shape index (κ3) is 5.35. The fourth-order valence-corrected chi connectivity index (χ4v) is 7.75. The number of aromatic nitrogens is 4. The van der Waals surface area contributed by atoms with Gasteiger partial charge in [-0.15, -0.1) is 0 Å². The van der Waals surface area contributed by atoms with E-state index in [1.165, 1.54) is 8.87 Å². The number of piperazine rings is 1. The summed E-state index contributed by atoms with van der Waals surface area (Å²) in [5, 5.41) is 4.48. The van der Waals surface area contributed by atoms with Gasteiger partial charge in [0.1, 0.15) is 12.1 Å². The molecule has 0 bridgehead atoms. The molecule has 212 valence electrons. The Labute approximate surface area is 242 Å². The lowest BCUT2D eigenvalue weighted by molar-refractivity contribution is 0.184. The van der Waals surface area contributed by atoms with E-state index in [1.807, 2.05) is 37.4 Å². The number of benzene rings is 2. The maximum Gasteiger partial charge on any atom is 0.307 e. The number of aryl methyl sites for hydroxylation is 2. The average molecular weight is 590 g/mol. The summed E-state index contributed by atoms with van der Waals surface area (Å²) in [6, 6.07) is 15.1. The van der Waals surface area contributed by atoms with Gasteiger partial charge >= 0.3 is 4.87 Å². The number of anilines is 1. The predicted octanol–water partition coefficient (Wildman–Crippen LogP) is 3.72. The first-order valence-electron chi connectivity index (χ1n) is 13.5. The van der Waals surface area contributed by atoms with Crippen molar-refractivity contribution in [2.24, 2.45) is 7.05 Å². The molecule has 6 rings (SSSR count). The maximum absolute atomic E-state index is 13.4. The SMILES string of the molecule is Cc1ccc(-c2cccc3c(NC(C)CN4CCN(S(=O)(=O)c5ccc6c(c5)sc(=O)n6C)CC4)ncnc23)cn1. The number of nitrogens with one attached hydrogen (secondary N) is 1. The summed E-state index contributed by atoms with van der Waals surface area (Å²) < 4.78 is 30.5. The van der Waals surface area contributed by atoms with Gasteiger partial charge < -0.3 is 9.88 Å². The van der Waals surface area contributed by atoms with Crippen LogP contribution in [0.4, 0.5) is 5.82 Å². The standard InChI is InChI=1S/C29H31N7O3S2/c1-19-7-8-21(16-30-19)23-5-4-6-24-27(23)31-18-32-28(24)33-20(2)17-35-11-13-36(14-12-35)41(38,39)22-9-10-25-26(15-22)40-29(37)34(25)3/h4-10,15-16,18,20H,11-14,17H2,1-3H3,(H,31,32,33). The first-order valence-corrected chi connectivity index (χ1v) is 15.7. The van der Waals surface area contributed by atoms with Gasteiger partial charge in [-0.05, 0) is 44.2 Å². The Kier molecular flexibility index (Phi) is 7.32. The van der Waals surface area contributed by atoms with Crippen LogP contribution in [0.25, 0.3) is 32.2 Å². The quantitative estimate of drug-likeness (QED) is 0.306. The van der Waals surface area contributed by atoms with Gasteiger partial charge in [-0.3, -0.25) is 14.7 Å². The number of rotatable bonds is 7. The molecule has 1 unspecified atom stereocenters. The summed E-state index contributed by atoms with van der Waals surface area (Å²) in [6.45, 7) is 6.87. The van der Waals surface area contributed by atoms with Crippen LogP contribution >= 0.6 is 11.3 Å². The van der Waals surface area contributed by atoms with Gasteiger partial charge in [0, 0.05) is 74.2 Å². The summed E-state index contributed by atoms with van der Waals surface area (Å²) in [7, 11) is -1.95. The van der Waals surface area contributed by atoms with Crippen molar-refractivity contribution in [2.75, 3.05) is 38.0 Å². The summed E-state index contributed by atoms with van der Waals surface area (Å²) in [5.41, 5.74) is 4.58. The van der Waals surface area contributed by atoms with E-state index in [2.05, 4.69) is 38.2 Å². The molecule has 1 saturated heterocycles. The Balaban J connectivity index is 1.11. The minimum absolute atomic E-state index is 0.0733. The average Bonchev–Trinajstić information content (AvgIpc) is 3.26. The van der Waals surface area contributed by atoms with Gasteiger partial charge in [-0.1, -0.05) is 29.5 Å². The van der Waals surface area contributed by atoms with Crippen molar-refractivity contribution in [3.8, 4) is 11.1 Å². The molecule has 0 spiro atoms. The summed E-state index contributed by atoms with van der Waals surface area (Å²) in [4.78, 5) is 27.9. The maximum atomic E-state index is 13.4. The lowest BCUT2D eigenvalue weighted by Gasteiger charge is -2.35. The predicted molar refractivity (Wildman–Crippen MR) is 163 cm³/mol. The van der Waals surface area contributed by atoms with E-state index in [0.29, 0.717) is 30.9 Å². The number of hydrogen-bond acceptors (Lipinski definition) is 9. The van der Waals surface area contributed by atoms with E-state index >= 15 is 0 Å². The number of nitrogens with zero attached hydrogens (tertiary/aromatic N) is 6. The van der Waals surface area contributed by atoms with Crippen LogP contribution in [0.3, 0.4) is 0 Å². The van der Waals surface area contributed by atoms with Crippen molar-refractivity contribution >= 4 is 48.3 Å². The van der Waals surface area contributed by atoms with E-state index in [4.69, 9.17) is 0 Å². The van der Waals surface area contributed by atoms with E-state index in [0.717, 1.165) is 56.9 Å². The van der Waals surface area contributed by atoms with Crippen LogP contribution in [0.2, 0.25) is 0 Å². The number of para-hydroxylation sites is 1. The number of pyridine rings is 1. The first-order chi connectivity index (χ1) is 19.7. The second kappa shape index (κ2) is 10.9. The summed E-state index contributed by atoms with van der Waals surface area (Å²) in [5.74, 6) is 0.768. The van der Waals surface area contributed by atoms with Crippen molar-refractivity contribution in [3.05, 3.63) is 76.4 Å². The molecular weight excluding hydrogens is 558 g/mol. The fraction of sp³-hybridized carbons (Fsp3) is 0.310. The van der Waals surface area contributed by atoms with Crippen molar-refractivity contribution in [1.82, 2.24) is 28.7 Å². The zero-order chi connectivity index (χ0) is 28.7. The van der Waals surface area contributed by atoms with Crippen molar-refractivity contribution in [1.29, 1.82) is 0 Å². The molecule has 0 amide bonds. The Morgan fingerprint density at radius 3 is 2.59 bits per heavy atom. The second-order valence-electron chi connectivity index (χ2n) is 10.4. The van der Waals surface area contributed by atoms with Crippen LogP contribution in [0.5, 0.6) is 0 Å². The van der Waals surface area contributed by atoms with Crippen molar-refractivity contribution < 1.29 is 8.42 Å². The smallest absolute Gasteiger partial charge is 0.307 e. The van der Waals surface area contributed by atoms with Crippen LogP contribution in [-0.4, -0.2) is 75.9 Å². The zero-order valence-electron chi connectivity index (χ0n) is 23.1. The van der Waals surface area contributed by atoms with Crippen LogP contribution < -0.4 is 10.2 Å². The second-order valence-corrected chi connectivity index (χ2v) is 13.3. The Bertz CT molecular complexity index is 1890. The highest BCUT2D eigenvalue weighted by Gasteiger charge is 2.29. The van der Waals surface area contributed by atoms with Crippen molar-refractivity contribution in [3.63, 3.8) is 0 Å². The van der Waals surface area contributed by atoms with E-state index in [-0.39, 0.29) is 15.8 Å². The molecule has 0 aliphatic carbocycles. The Morgan fingerprint density at radius 1 is 1.02 bits per heavy atom. The van der Waals surface area contributed by atoms with Gasteiger partial charge in [0.25, 0.3) is 0 Å². The molecule has 4 heterocycles. The summed E-state index contributed by atoms with van der Waals surface area (Å²) in [6.07, 6.45) is 3.45. The van der Waals surface area contributed by atoms with Crippen LogP contribution in [0.1, 0.15) is 12.6 Å². The molecule has 1 aliphatic rings. The molecule has 2 aromatic carbocycles. The molecule has 0 saturated carbocycles. The third-order valence-electron chi connectivity index (χ3n) is 7.54. The molecule has 1 N–H and O–H groups in total. The number of hydrogen-bond donors (Lipinski definition) is 1. The lowest BCUT2D eigenvalue weighted by Crippen LogP contribution is -2.50. The lowest BCUT2D eigenvalue weighted by atomic mass is 10.0. The molecule has 41 heavy (non-hydrogen) atoms. The van der Waals surface area contributed by atoms with Crippen LogP contribution in [0, 0.1) is 6.92 Å². The normalized spacial score (nSPS) is 15.9. The highest BCUT2D eigenvalue weighted by molar-refractivity contribution is 7.89. The number of thiazole rings is 1. The highest BCUT2D eigenvalue weighted by Crippen LogP contribution is 2.30. The number of fused-ring (bicyclic) bond motifs is 2. The van der Waals surface area contributed by atoms with Gasteiger partial charge in [-0.25, -0.2) is 18.4 Å². The Morgan fingerprint density at radius 2 is 1.83 bits per heavy atom. The topological polar surface area (TPSA) is 113 Å². The molecule has 10 nitrogen and oxygen atoms in total. The van der Waals surface area contributed by atoms with Gasteiger partial charge in [0.15, 0.2) is 0 Å². The highest BCUT2D eigenvalue weighted by atomic mass is 32.2. The monoisotopic (exact) mass is 589 g/mol. The molecule has 12 heteroatoms. The molecule has 5 aromatic rings. The fourth-order valence-electron chi connectivity index (χ4n) is 5.31. The molecule has 1 aliphatic heterocycles. The molecule has 0 radical (unpaired) electrons. The van der Waals surface area contributed by atoms with Crippen molar-refractivity contribution in [2.45, 2.75) is 24.8 Å². The van der Waals surface area contributed by atoms with Gasteiger partial charge in [0.05, 0.1) is 20.6 Å². The minimum atomic E-state index is -3.65. The summed E-state index contributed by atoms with van der Waals surface area (Å²) >= 11 is 1.06. The molecule has 1 fully saturated rings. The van der Waals surface area contributed by atoms with Crippen LogP contribution in [0.15, 0.2) is 70.7 Å². The van der Waals surface area contributed by atoms with Gasteiger partial charge in [-0.2, -0.15) is 4.31 Å². The van der Waals surface area contributed by atoms with E-state index in [1.54, 1.807) is 31.6 Å². The molecular formula is C29H31N7O3S2. The number of sulfonamides is 1. The zero-order valence-corrected chi connectivity index (χ0v) is 24.7. The van der Waals surface area contributed by atoms with E-state index < -0.39 is 10.0 Å². The Hall–Kier alpha value is -3.71. The first kappa shape index (κ1) is 27.5. The molecule has 3 aromatic heterocycles.